The van der Waals surface area contributed by atoms with Crippen molar-refractivity contribution in [1.82, 2.24) is 4.98 Å². The van der Waals surface area contributed by atoms with E-state index in [1.54, 1.807) is 36.4 Å². The Kier molecular flexibility index (Phi) is 4.48. The number of carbonyl (C=O) groups excluding carboxylic acids is 1. The SMILES string of the molecule is O=C(/C=C/c1ccco1)Nc1ccc2oc(-c3ccc(F)cc3Cl)nc2c1. The Labute approximate surface area is 158 Å². The Morgan fingerprint density at radius 1 is 1.19 bits per heavy atom. The van der Waals surface area contributed by atoms with Gasteiger partial charge in [0.2, 0.25) is 11.8 Å². The Bertz CT molecular complexity index is 1150. The molecule has 0 aliphatic heterocycles. The predicted octanol–water partition coefficient (Wildman–Crippen LogP) is 5.53. The number of amides is 1. The number of halogens is 2. The number of nitrogens with one attached hydrogen (secondary N) is 1. The lowest BCUT2D eigenvalue weighted by molar-refractivity contribution is -0.111. The van der Waals surface area contributed by atoms with Crippen LogP contribution < -0.4 is 5.32 Å². The summed E-state index contributed by atoms with van der Waals surface area (Å²) in [4.78, 5) is 16.4. The maximum Gasteiger partial charge on any atom is 0.248 e. The molecular formula is C20H12ClFN2O3. The normalized spacial score (nSPS) is 11.3. The molecule has 0 bridgehead atoms. The van der Waals surface area contributed by atoms with E-state index in [0.717, 1.165) is 0 Å². The smallest absolute Gasteiger partial charge is 0.248 e. The van der Waals surface area contributed by atoms with Gasteiger partial charge in [-0.2, -0.15) is 0 Å². The molecule has 0 fully saturated rings. The predicted molar refractivity (Wildman–Crippen MR) is 101 cm³/mol. The van der Waals surface area contributed by atoms with Crippen molar-refractivity contribution in [3.05, 3.63) is 77.5 Å². The first kappa shape index (κ1) is 17.1. The summed E-state index contributed by atoms with van der Waals surface area (Å²) in [7, 11) is 0. The number of furan rings is 1. The lowest BCUT2D eigenvalue weighted by Crippen LogP contribution is -2.07. The molecule has 0 atom stereocenters. The molecular weight excluding hydrogens is 371 g/mol. The second-order valence-electron chi connectivity index (χ2n) is 5.66. The highest BCUT2D eigenvalue weighted by atomic mass is 35.5. The van der Waals surface area contributed by atoms with Gasteiger partial charge in [0.15, 0.2) is 5.58 Å². The third kappa shape index (κ3) is 3.75. The van der Waals surface area contributed by atoms with Gasteiger partial charge in [0, 0.05) is 11.8 Å². The fraction of sp³-hybridized carbons (Fsp3) is 0. The number of anilines is 1. The number of aromatic nitrogens is 1. The molecule has 2 aromatic heterocycles. The number of rotatable bonds is 4. The molecule has 2 heterocycles. The van der Waals surface area contributed by atoms with E-state index in [4.69, 9.17) is 20.4 Å². The van der Waals surface area contributed by atoms with E-state index in [1.807, 2.05) is 0 Å². The molecule has 2 aromatic carbocycles. The summed E-state index contributed by atoms with van der Waals surface area (Å²) in [6, 6.07) is 12.5. The fourth-order valence-electron chi connectivity index (χ4n) is 2.51. The minimum absolute atomic E-state index is 0.207. The number of fused-ring (bicyclic) bond motifs is 1. The maximum atomic E-state index is 13.2. The molecule has 0 saturated carbocycles. The first-order chi connectivity index (χ1) is 13.1. The standard InChI is InChI=1S/C20H12ClFN2O3/c21-16-10-12(22)3-6-15(16)20-24-17-11-13(4-7-18(17)27-20)23-19(25)8-5-14-2-1-9-26-14/h1-11H,(H,23,25)/b8-5+. The van der Waals surface area contributed by atoms with Crippen molar-refractivity contribution in [1.29, 1.82) is 0 Å². The second-order valence-corrected chi connectivity index (χ2v) is 6.07. The van der Waals surface area contributed by atoms with Gasteiger partial charge in [-0.15, -0.1) is 0 Å². The maximum absolute atomic E-state index is 13.2. The Morgan fingerprint density at radius 2 is 2.07 bits per heavy atom. The van der Waals surface area contributed by atoms with Gasteiger partial charge in [-0.1, -0.05) is 11.6 Å². The summed E-state index contributed by atoms with van der Waals surface area (Å²) in [5.41, 5.74) is 2.11. The van der Waals surface area contributed by atoms with Gasteiger partial charge in [0.05, 0.1) is 16.8 Å². The summed E-state index contributed by atoms with van der Waals surface area (Å²) in [6.07, 6.45) is 4.47. The second kappa shape index (κ2) is 7.09. The minimum Gasteiger partial charge on any atom is -0.465 e. The zero-order chi connectivity index (χ0) is 18.8. The Morgan fingerprint density at radius 3 is 2.85 bits per heavy atom. The summed E-state index contributed by atoms with van der Waals surface area (Å²) in [5.74, 6) is 0.109. The van der Waals surface area contributed by atoms with Crippen LogP contribution in [0.25, 0.3) is 28.6 Å². The van der Waals surface area contributed by atoms with Crippen LogP contribution in [0.15, 0.2) is 69.7 Å². The quantitative estimate of drug-likeness (QED) is 0.471. The van der Waals surface area contributed by atoms with Crippen LogP contribution in [0.4, 0.5) is 10.1 Å². The average Bonchev–Trinajstić information content (AvgIpc) is 3.29. The molecule has 0 aliphatic carbocycles. The summed E-state index contributed by atoms with van der Waals surface area (Å²) >= 11 is 6.06. The van der Waals surface area contributed by atoms with Crippen molar-refractivity contribution in [3.63, 3.8) is 0 Å². The zero-order valence-electron chi connectivity index (χ0n) is 13.8. The number of nitrogens with zero attached hydrogens (tertiary/aromatic N) is 1. The van der Waals surface area contributed by atoms with Gasteiger partial charge < -0.3 is 14.2 Å². The van der Waals surface area contributed by atoms with Crippen molar-refractivity contribution < 1.29 is 18.0 Å². The highest BCUT2D eigenvalue weighted by molar-refractivity contribution is 6.33. The van der Waals surface area contributed by atoms with Gasteiger partial charge in [-0.05, 0) is 54.6 Å². The molecule has 1 amide bonds. The monoisotopic (exact) mass is 382 g/mol. The van der Waals surface area contributed by atoms with Crippen molar-refractivity contribution in [2.45, 2.75) is 0 Å². The van der Waals surface area contributed by atoms with Crippen LogP contribution in [0.1, 0.15) is 5.76 Å². The van der Waals surface area contributed by atoms with Crippen LogP contribution in [0.5, 0.6) is 0 Å². The number of hydrogen-bond donors (Lipinski definition) is 1. The first-order valence-corrected chi connectivity index (χ1v) is 8.35. The molecule has 1 N–H and O–H groups in total. The lowest BCUT2D eigenvalue weighted by atomic mass is 10.2. The van der Waals surface area contributed by atoms with E-state index < -0.39 is 5.82 Å². The van der Waals surface area contributed by atoms with Gasteiger partial charge in [-0.3, -0.25) is 4.79 Å². The number of oxazole rings is 1. The first-order valence-electron chi connectivity index (χ1n) is 7.97. The molecule has 0 radical (unpaired) electrons. The molecule has 4 rings (SSSR count). The number of carbonyl (C=O) groups is 1. The highest BCUT2D eigenvalue weighted by Gasteiger charge is 2.13. The van der Waals surface area contributed by atoms with Gasteiger partial charge in [0.1, 0.15) is 17.1 Å². The Balaban J connectivity index is 1.56. The summed E-state index contributed by atoms with van der Waals surface area (Å²) in [6.45, 7) is 0. The van der Waals surface area contributed by atoms with E-state index in [0.29, 0.717) is 28.1 Å². The van der Waals surface area contributed by atoms with Gasteiger partial charge in [-0.25, -0.2) is 9.37 Å². The molecule has 27 heavy (non-hydrogen) atoms. The van der Waals surface area contributed by atoms with E-state index in [9.17, 15) is 9.18 Å². The summed E-state index contributed by atoms with van der Waals surface area (Å²) < 4.78 is 24.0. The van der Waals surface area contributed by atoms with Crippen molar-refractivity contribution in [2.75, 3.05) is 5.32 Å². The van der Waals surface area contributed by atoms with Crippen LogP contribution in [0.3, 0.4) is 0 Å². The van der Waals surface area contributed by atoms with E-state index >= 15 is 0 Å². The molecule has 0 aliphatic rings. The van der Waals surface area contributed by atoms with Crippen LogP contribution >= 0.6 is 11.6 Å². The fourth-order valence-corrected chi connectivity index (χ4v) is 2.76. The van der Waals surface area contributed by atoms with E-state index in [1.165, 1.54) is 30.5 Å². The minimum atomic E-state index is -0.438. The third-order valence-electron chi connectivity index (χ3n) is 3.76. The van der Waals surface area contributed by atoms with Crippen molar-refractivity contribution in [2.24, 2.45) is 0 Å². The third-order valence-corrected chi connectivity index (χ3v) is 4.07. The van der Waals surface area contributed by atoms with Gasteiger partial charge in [0.25, 0.3) is 0 Å². The average molecular weight is 383 g/mol. The van der Waals surface area contributed by atoms with Crippen LogP contribution in [-0.2, 0) is 4.79 Å². The molecule has 134 valence electrons. The molecule has 0 unspecified atom stereocenters. The van der Waals surface area contributed by atoms with Crippen LogP contribution in [-0.4, -0.2) is 10.9 Å². The molecule has 0 spiro atoms. The van der Waals surface area contributed by atoms with Crippen LogP contribution in [0.2, 0.25) is 5.02 Å². The number of benzene rings is 2. The van der Waals surface area contributed by atoms with E-state index in [2.05, 4.69) is 10.3 Å². The van der Waals surface area contributed by atoms with Crippen molar-refractivity contribution >= 4 is 40.4 Å². The summed E-state index contributed by atoms with van der Waals surface area (Å²) in [5, 5.41) is 2.95. The topological polar surface area (TPSA) is 68.3 Å². The lowest BCUT2D eigenvalue weighted by Gasteiger charge is -2.00. The highest BCUT2D eigenvalue weighted by Crippen LogP contribution is 2.31. The largest absolute Gasteiger partial charge is 0.465 e. The Hall–Kier alpha value is -3.38. The molecule has 7 heteroatoms. The van der Waals surface area contributed by atoms with Gasteiger partial charge >= 0.3 is 0 Å². The molecule has 0 saturated heterocycles. The molecule has 5 nitrogen and oxygen atoms in total. The van der Waals surface area contributed by atoms with Crippen LogP contribution in [0, 0.1) is 5.82 Å². The van der Waals surface area contributed by atoms with Crippen molar-refractivity contribution in [3.8, 4) is 11.5 Å². The molecule has 4 aromatic rings. The number of hydrogen-bond acceptors (Lipinski definition) is 4. The van der Waals surface area contributed by atoms with E-state index in [-0.39, 0.29) is 16.8 Å². The zero-order valence-corrected chi connectivity index (χ0v) is 14.5.